The number of likely N-dealkylation sites (tertiary alicyclic amines) is 1. The lowest BCUT2D eigenvalue weighted by molar-refractivity contribution is -0.153. The maximum atomic E-state index is 13.6. The molecule has 6 heteroatoms. The monoisotopic (exact) mass is 455 g/mol. The second-order valence-electron chi connectivity index (χ2n) is 9.91. The summed E-state index contributed by atoms with van der Waals surface area (Å²) in [7, 11) is 0. The van der Waals surface area contributed by atoms with E-state index in [2.05, 4.69) is 12.2 Å². The molecule has 7 unspecified atom stereocenters. The predicted molar refractivity (Wildman–Crippen MR) is 123 cm³/mol. The summed E-state index contributed by atoms with van der Waals surface area (Å²) in [6.07, 6.45) is 5.52. The number of Topliss-reactive ketones (excluding diaryl/α,β-unsaturated/α-hetero) is 1. The summed E-state index contributed by atoms with van der Waals surface area (Å²) in [5.74, 6) is -0.523. The molecule has 1 heterocycles. The van der Waals surface area contributed by atoms with Gasteiger partial charge in [0.15, 0.2) is 5.78 Å². The molecular weight excluding hydrogens is 430 g/mol. The van der Waals surface area contributed by atoms with E-state index in [1.807, 2.05) is 30.3 Å². The van der Waals surface area contributed by atoms with Crippen LogP contribution in [0.3, 0.4) is 0 Å². The van der Waals surface area contributed by atoms with Crippen molar-refractivity contribution >= 4 is 23.6 Å². The van der Waals surface area contributed by atoms with E-state index < -0.39 is 12.0 Å². The SMILES string of the molecule is CC(=O)c1ccc(OC(=O)C(Cc2ccccc2)N2C(=O)C3C4C=CC(C5CC45)C3C2=O)cc1. The van der Waals surface area contributed by atoms with Crippen LogP contribution in [0.25, 0.3) is 0 Å². The number of carbonyl (C=O) groups is 4. The highest BCUT2D eigenvalue weighted by atomic mass is 16.5. The molecule has 7 atom stereocenters. The fourth-order valence-corrected chi connectivity index (χ4v) is 6.35. The van der Waals surface area contributed by atoms with Crippen molar-refractivity contribution in [1.82, 2.24) is 4.90 Å². The third-order valence-electron chi connectivity index (χ3n) is 8.03. The van der Waals surface area contributed by atoms with Crippen molar-refractivity contribution in [3.63, 3.8) is 0 Å². The van der Waals surface area contributed by atoms with E-state index in [0.717, 1.165) is 12.0 Å². The summed E-state index contributed by atoms with van der Waals surface area (Å²) in [5, 5.41) is 0. The van der Waals surface area contributed by atoms with Gasteiger partial charge in [0.05, 0.1) is 11.8 Å². The molecule has 2 saturated carbocycles. The topological polar surface area (TPSA) is 80.8 Å². The summed E-state index contributed by atoms with van der Waals surface area (Å²) in [6, 6.07) is 14.6. The number of hydrogen-bond acceptors (Lipinski definition) is 5. The van der Waals surface area contributed by atoms with E-state index in [-0.39, 0.29) is 53.4 Å². The second-order valence-corrected chi connectivity index (χ2v) is 9.91. The minimum Gasteiger partial charge on any atom is -0.425 e. The second kappa shape index (κ2) is 7.76. The van der Waals surface area contributed by atoms with Crippen molar-refractivity contribution in [2.24, 2.45) is 35.5 Å². The van der Waals surface area contributed by atoms with E-state index in [4.69, 9.17) is 4.74 Å². The molecule has 2 aromatic carbocycles. The molecule has 0 spiro atoms. The Morgan fingerprint density at radius 3 is 2.06 bits per heavy atom. The zero-order valence-corrected chi connectivity index (χ0v) is 18.8. The van der Waals surface area contributed by atoms with Gasteiger partial charge in [-0.1, -0.05) is 42.5 Å². The zero-order chi connectivity index (χ0) is 23.6. The highest BCUT2D eigenvalue weighted by Gasteiger charge is 2.68. The Balaban J connectivity index is 1.30. The van der Waals surface area contributed by atoms with E-state index in [9.17, 15) is 19.2 Å². The first-order chi connectivity index (χ1) is 16.4. The molecule has 4 aliphatic carbocycles. The van der Waals surface area contributed by atoms with Gasteiger partial charge in [0.2, 0.25) is 11.8 Å². The smallest absolute Gasteiger partial charge is 0.335 e. The van der Waals surface area contributed by atoms with Gasteiger partial charge in [-0.2, -0.15) is 0 Å². The molecule has 172 valence electrons. The third kappa shape index (κ3) is 3.23. The van der Waals surface area contributed by atoms with Crippen LogP contribution < -0.4 is 4.74 Å². The Morgan fingerprint density at radius 1 is 0.912 bits per heavy atom. The average Bonchev–Trinajstić information content (AvgIpc) is 3.62. The van der Waals surface area contributed by atoms with Crippen molar-refractivity contribution in [1.29, 1.82) is 0 Å². The van der Waals surface area contributed by atoms with Crippen LogP contribution in [0.5, 0.6) is 5.75 Å². The fourth-order valence-electron chi connectivity index (χ4n) is 6.35. The van der Waals surface area contributed by atoms with Crippen molar-refractivity contribution in [2.45, 2.75) is 25.8 Å². The van der Waals surface area contributed by atoms with Crippen LogP contribution in [0.2, 0.25) is 0 Å². The van der Waals surface area contributed by atoms with Gasteiger partial charge in [-0.25, -0.2) is 4.79 Å². The maximum Gasteiger partial charge on any atom is 0.335 e. The van der Waals surface area contributed by atoms with E-state index in [1.165, 1.54) is 11.8 Å². The first kappa shape index (κ1) is 21.0. The van der Waals surface area contributed by atoms with Gasteiger partial charge in [0.25, 0.3) is 0 Å². The number of hydrogen-bond donors (Lipinski definition) is 0. The molecule has 6 nitrogen and oxygen atoms in total. The Kier molecular flexibility index (Phi) is 4.80. The van der Waals surface area contributed by atoms with Gasteiger partial charge in [-0.05, 0) is 66.8 Å². The fraction of sp³-hybridized carbons (Fsp3) is 0.357. The van der Waals surface area contributed by atoms with Crippen LogP contribution in [0.1, 0.15) is 29.3 Å². The number of esters is 1. The summed E-state index contributed by atoms with van der Waals surface area (Å²) in [4.78, 5) is 53.4. The van der Waals surface area contributed by atoms with Crippen LogP contribution in [0, 0.1) is 35.5 Å². The number of rotatable bonds is 6. The van der Waals surface area contributed by atoms with Crippen LogP contribution >= 0.6 is 0 Å². The van der Waals surface area contributed by atoms with E-state index in [0.29, 0.717) is 17.4 Å². The molecular formula is C28H25NO5. The average molecular weight is 456 g/mol. The molecule has 1 saturated heterocycles. The molecule has 0 radical (unpaired) electrons. The lowest BCUT2D eigenvalue weighted by atomic mass is 9.63. The Labute approximate surface area is 197 Å². The van der Waals surface area contributed by atoms with E-state index >= 15 is 0 Å². The molecule has 5 aliphatic rings. The van der Waals surface area contributed by atoms with Gasteiger partial charge in [0.1, 0.15) is 11.8 Å². The molecule has 2 amide bonds. The quantitative estimate of drug-likeness (QED) is 0.219. The minimum absolute atomic E-state index is 0.0861. The number of amides is 2. The van der Waals surface area contributed by atoms with Gasteiger partial charge in [-0.3, -0.25) is 19.3 Å². The van der Waals surface area contributed by atoms with Gasteiger partial charge < -0.3 is 4.74 Å². The van der Waals surface area contributed by atoms with Crippen LogP contribution in [-0.4, -0.2) is 34.5 Å². The molecule has 2 aromatic rings. The molecule has 7 rings (SSSR count). The van der Waals surface area contributed by atoms with Gasteiger partial charge in [0, 0.05) is 12.0 Å². The van der Waals surface area contributed by atoms with E-state index in [1.54, 1.807) is 24.3 Å². The molecule has 3 fully saturated rings. The summed E-state index contributed by atoms with van der Waals surface area (Å²) < 4.78 is 5.63. The van der Waals surface area contributed by atoms with Crippen molar-refractivity contribution in [3.8, 4) is 5.75 Å². The molecule has 34 heavy (non-hydrogen) atoms. The standard InChI is InChI=1S/C28H25NO5/c1-15(30)17-7-9-18(10-8-17)34-28(33)23(13-16-5-3-2-4-6-16)29-26(31)24-19-11-12-20(22-14-21(19)22)25(24)27(29)32/h2-12,19-25H,13-14H2,1H3. The van der Waals surface area contributed by atoms with Gasteiger partial charge in [-0.15, -0.1) is 0 Å². The number of benzene rings is 2. The number of carbonyl (C=O) groups excluding carboxylic acids is 4. The Hall–Kier alpha value is -3.54. The lowest BCUT2D eigenvalue weighted by Crippen LogP contribution is -2.48. The summed E-state index contributed by atoms with van der Waals surface area (Å²) in [6.45, 7) is 1.47. The molecule has 1 aliphatic heterocycles. The predicted octanol–water partition coefficient (Wildman–Crippen LogP) is 3.46. The van der Waals surface area contributed by atoms with Crippen molar-refractivity contribution < 1.29 is 23.9 Å². The normalized spacial score (nSPS) is 31.1. The number of ether oxygens (including phenoxy) is 1. The first-order valence-electron chi connectivity index (χ1n) is 11.9. The van der Waals surface area contributed by atoms with Crippen LogP contribution in [0.4, 0.5) is 0 Å². The first-order valence-corrected chi connectivity index (χ1v) is 11.9. The summed E-state index contributed by atoms with van der Waals surface area (Å²) in [5.41, 5.74) is 1.35. The Bertz CT molecular complexity index is 1180. The van der Waals surface area contributed by atoms with Crippen molar-refractivity contribution in [3.05, 3.63) is 77.9 Å². The number of nitrogens with zero attached hydrogens (tertiary/aromatic N) is 1. The molecule has 2 bridgehead atoms. The largest absolute Gasteiger partial charge is 0.425 e. The maximum absolute atomic E-state index is 13.6. The van der Waals surface area contributed by atoms with Crippen molar-refractivity contribution in [2.75, 3.05) is 0 Å². The highest BCUT2D eigenvalue weighted by molar-refractivity contribution is 6.09. The zero-order valence-electron chi connectivity index (χ0n) is 18.8. The number of ketones is 1. The summed E-state index contributed by atoms with van der Waals surface area (Å²) >= 11 is 0. The molecule has 0 N–H and O–H groups in total. The Morgan fingerprint density at radius 2 is 1.50 bits per heavy atom. The van der Waals surface area contributed by atoms with Crippen LogP contribution in [0.15, 0.2) is 66.7 Å². The van der Waals surface area contributed by atoms with Gasteiger partial charge >= 0.3 is 5.97 Å². The lowest BCUT2D eigenvalue weighted by Gasteiger charge is -2.37. The minimum atomic E-state index is -1.05. The number of allylic oxidation sites excluding steroid dienone is 2. The molecule has 0 aromatic heterocycles. The van der Waals surface area contributed by atoms with Crippen LogP contribution in [-0.2, 0) is 20.8 Å². The number of imide groups is 1. The highest BCUT2D eigenvalue weighted by Crippen LogP contribution is 2.65. The third-order valence-corrected chi connectivity index (χ3v) is 8.03.